The predicted molar refractivity (Wildman–Crippen MR) is 111 cm³/mol. The topological polar surface area (TPSA) is 53.1 Å². The molecule has 0 saturated heterocycles. The second-order valence-corrected chi connectivity index (χ2v) is 7.54. The number of ether oxygens (including phenoxy) is 4. The Hall–Kier alpha value is -2.99. The Morgan fingerprint density at radius 2 is 1.76 bits per heavy atom. The zero-order valence-electron chi connectivity index (χ0n) is 16.7. The lowest BCUT2D eigenvalue weighted by Gasteiger charge is -2.19. The predicted octanol–water partition coefficient (Wildman–Crippen LogP) is 4.59. The minimum absolute atomic E-state index is 0.257. The third kappa shape index (κ3) is 3.34. The van der Waals surface area contributed by atoms with Crippen molar-refractivity contribution in [2.24, 2.45) is 0 Å². The lowest BCUT2D eigenvalue weighted by atomic mass is 10.00. The molecule has 150 valence electrons. The first-order valence-electron chi connectivity index (χ1n) is 10.0. The van der Waals surface area contributed by atoms with Crippen molar-refractivity contribution in [3.05, 3.63) is 42.1 Å². The minimum atomic E-state index is 0.257. The van der Waals surface area contributed by atoms with E-state index in [1.54, 1.807) is 0 Å². The molecule has 5 rings (SSSR count). The maximum Gasteiger partial charge on any atom is 0.231 e. The Morgan fingerprint density at radius 1 is 0.966 bits per heavy atom. The summed E-state index contributed by atoms with van der Waals surface area (Å²) in [5, 5.41) is 2.04. The molecule has 2 aromatic carbocycles. The largest absolute Gasteiger partial charge is 0.454 e. The number of pyridine rings is 1. The molecule has 0 bridgehead atoms. The van der Waals surface area contributed by atoms with Gasteiger partial charge in [0.2, 0.25) is 13.6 Å². The standard InChI is InChI=1S/C23H24N2O4/c1-3-4-7-25(2)12-16-9-21-22(28-13-27-21)10-17(16)19-8-15-5-6-20-23(29-14-26-20)18(15)11-24-19/h5-6,8-11H,3-4,7,12-14H2,1-2H3. The second-order valence-electron chi connectivity index (χ2n) is 7.54. The summed E-state index contributed by atoms with van der Waals surface area (Å²) in [4.78, 5) is 7.10. The molecular formula is C23H24N2O4. The summed E-state index contributed by atoms with van der Waals surface area (Å²) in [5.41, 5.74) is 3.16. The number of aromatic nitrogens is 1. The maximum atomic E-state index is 5.63. The molecule has 0 N–H and O–H groups in total. The summed E-state index contributed by atoms with van der Waals surface area (Å²) in [6.45, 7) is 4.61. The third-order valence-corrected chi connectivity index (χ3v) is 5.44. The van der Waals surface area contributed by atoms with Crippen molar-refractivity contribution < 1.29 is 18.9 Å². The molecule has 0 spiro atoms. The SMILES string of the molecule is CCCCN(C)Cc1cc2c(cc1-c1cc3ccc4c(c3cn1)OCO4)OCO2. The van der Waals surface area contributed by atoms with Crippen LogP contribution in [0.2, 0.25) is 0 Å². The highest BCUT2D eigenvalue weighted by molar-refractivity contribution is 5.93. The van der Waals surface area contributed by atoms with E-state index in [2.05, 4.69) is 31.0 Å². The van der Waals surface area contributed by atoms with Gasteiger partial charge in [-0.2, -0.15) is 0 Å². The monoisotopic (exact) mass is 392 g/mol. The fourth-order valence-corrected chi connectivity index (χ4v) is 3.89. The van der Waals surface area contributed by atoms with Gasteiger partial charge < -0.3 is 23.8 Å². The highest BCUT2D eigenvalue weighted by Crippen LogP contribution is 2.42. The van der Waals surface area contributed by atoms with Gasteiger partial charge in [-0.1, -0.05) is 19.4 Å². The lowest BCUT2D eigenvalue weighted by molar-refractivity contribution is 0.174. The van der Waals surface area contributed by atoms with E-state index in [4.69, 9.17) is 23.9 Å². The fraction of sp³-hybridized carbons (Fsp3) is 0.348. The first kappa shape index (κ1) is 18.1. The van der Waals surface area contributed by atoms with Crippen LogP contribution < -0.4 is 18.9 Å². The second kappa shape index (κ2) is 7.44. The van der Waals surface area contributed by atoms with Gasteiger partial charge in [0.05, 0.1) is 5.69 Å². The number of rotatable bonds is 6. The number of benzene rings is 2. The van der Waals surface area contributed by atoms with Gasteiger partial charge in [0.15, 0.2) is 23.0 Å². The Labute approximate surface area is 170 Å². The molecule has 0 radical (unpaired) electrons. The van der Waals surface area contributed by atoms with E-state index in [0.29, 0.717) is 0 Å². The smallest absolute Gasteiger partial charge is 0.231 e. The van der Waals surface area contributed by atoms with Crippen LogP contribution in [-0.2, 0) is 6.54 Å². The van der Waals surface area contributed by atoms with Crippen LogP contribution in [-0.4, -0.2) is 37.1 Å². The van der Waals surface area contributed by atoms with Gasteiger partial charge in [-0.15, -0.1) is 0 Å². The van der Waals surface area contributed by atoms with Gasteiger partial charge >= 0.3 is 0 Å². The van der Waals surface area contributed by atoms with E-state index in [1.165, 1.54) is 18.4 Å². The number of unbranched alkanes of at least 4 members (excludes halogenated alkanes) is 1. The molecule has 6 nitrogen and oxygen atoms in total. The molecular weight excluding hydrogens is 368 g/mol. The van der Waals surface area contributed by atoms with Gasteiger partial charge in [-0.3, -0.25) is 4.98 Å². The number of hydrogen-bond acceptors (Lipinski definition) is 6. The minimum Gasteiger partial charge on any atom is -0.454 e. The molecule has 0 aliphatic carbocycles. The van der Waals surface area contributed by atoms with E-state index in [1.807, 2.05) is 24.4 Å². The summed E-state index contributed by atoms with van der Waals surface area (Å²) < 4.78 is 22.4. The van der Waals surface area contributed by atoms with Gasteiger partial charge in [-0.05, 0) is 55.2 Å². The summed E-state index contributed by atoms with van der Waals surface area (Å²) in [5.74, 6) is 3.12. The Morgan fingerprint density at radius 3 is 2.62 bits per heavy atom. The first-order chi connectivity index (χ1) is 14.2. The van der Waals surface area contributed by atoms with E-state index in [-0.39, 0.29) is 13.6 Å². The average Bonchev–Trinajstić information content (AvgIpc) is 3.40. The molecule has 0 unspecified atom stereocenters. The molecule has 3 heterocycles. The Balaban J connectivity index is 1.56. The Kier molecular flexibility index (Phi) is 4.64. The molecule has 3 aromatic rings. The van der Waals surface area contributed by atoms with Gasteiger partial charge in [0.25, 0.3) is 0 Å². The van der Waals surface area contributed by atoms with Crippen LogP contribution in [0.15, 0.2) is 36.5 Å². The molecule has 2 aliphatic rings. The zero-order valence-corrected chi connectivity index (χ0v) is 16.7. The van der Waals surface area contributed by atoms with Crippen LogP contribution in [0.25, 0.3) is 22.0 Å². The van der Waals surface area contributed by atoms with Crippen molar-refractivity contribution in [2.45, 2.75) is 26.3 Å². The van der Waals surface area contributed by atoms with Crippen LogP contribution in [0.1, 0.15) is 25.3 Å². The molecule has 29 heavy (non-hydrogen) atoms. The van der Waals surface area contributed by atoms with Crippen LogP contribution >= 0.6 is 0 Å². The summed E-state index contributed by atoms with van der Waals surface area (Å²) >= 11 is 0. The van der Waals surface area contributed by atoms with Crippen molar-refractivity contribution in [2.75, 3.05) is 27.2 Å². The van der Waals surface area contributed by atoms with E-state index in [9.17, 15) is 0 Å². The van der Waals surface area contributed by atoms with Crippen LogP contribution in [0, 0.1) is 0 Å². The normalized spacial score (nSPS) is 14.2. The zero-order chi connectivity index (χ0) is 19.8. The van der Waals surface area contributed by atoms with Gasteiger partial charge in [0.1, 0.15) is 0 Å². The molecule has 1 aromatic heterocycles. The number of hydrogen-bond donors (Lipinski definition) is 0. The average molecular weight is 392 g/mol. The molecule has 0 fully saturated rings. The highest BCUT2D eigenvalue weighted by atomic mass is 16.7. The van der Waals surface area contributed by atoms with Gasteiger partial charge in [0, 0.05) is 23.7 Å². The van der Waals surface area contributed by atoms with E-state index >= 15 is 0 Å². The van der Waals surface area contributed by atoms with Crippen molar-refractivity contribution in [3.63, 3.8) is 0 Å². The molecule has 6 heteroatoms. The van der Waals surface area contributed by atoms with Crippen LogP contribution in [0.3, 0.4) is 0 Å². The van der Waals surface area contributed by atoms with Crippen LogP contribution in [0.5, 0.6) is 23.0 Å². The maximum absolute atomic E-state index is 5.63. The third-order valence-electron chi connectivity index (χ3n) is 5.44. The lowest BCUT2D eigenvalue weighted by Crippen LogP contribution is -2.19. The highest BCUT2D eigenvalue weighted by Gasteiger charge is 2.21. The molecule has 0 atom stereocenters. The Bertz CT molecular complexity index is 1070. The van der Waals surface area contributed by atoms with Crippen molar-refractivity contribution >= 4 is 10.8 Å². The van der Waals surface area contributed by atoms with Gasteiger partial charge in [-0.25, -0.2) is 0 Å². The summed E-state index contributed by atoms with van der Waals surface area (Å²) in [6.07, 6.45) is 4.23. The number of nitrogens with zero attached hydrogens (tertiary/aromatic N) is 2. The fourth-order valence-electron chi connectivity index (χ4n) is 3.89. The summed E-state index contributed by atoms with van der Waals surface area (Å²) in [6, 6.07) is 10.2. The first-order valence-corrected chi connectivity index (χ1v) is 10.0. The molecule has 2 aliphatic heterocycles. The quantitative estimate of drug-likeness (QED) is 0.612. The molecule has 0 amide bonds. The van der Waals surface area contributed by atoms with E-state index < -0.39 is 0 Å². The van der Waals surface area contributed by atoms with Crippen molar-refractivity contribution in [1.82, 2.24) is 9.88 Å². The van der Waals surface area contributed by atoms with Crippen molar-refractivity contribution in [1.29, 1.82) is 0 Å². The number of fused-ring (bicyclic) bond motifs is 4. The summed E-state index contributed by atoms with van der Waals surface area (Å²) in [7, 11) is 2.15. The molecule has 0 saturated carbocycles. The van der Waals surface area contributed by atoms with E-state index in [0.717, 1.165) is 58.1 Å². The van der Waals surface area contributed by atoms with Crippen LogP contribution in [0.4, 0.5) is 0 Å². The van der Waals surface area contributed by atoms with Crippen molar-refractivity contribution in [3.8, 4) is 34.3 Å².